The van der Waals surface area contributed by atoms with Crippen LogP contribution in [-0.4, -0.2) is 49.5 Å². The summed E-state index contributed by atoms with van der Waals surface area (Å²) in [6, 6.07) is 9.37. The molecule has 0 aliphatic carbocycles. The summed E-state index contributed by atoms with van der Waals surface area (Å²) in [6.07, 6.45) is 5.87. The lowest BCUT2D eigenvalue weighted by atomic mass is 9.94. The third-order valence-corrected chi connectivity index (χ3v) is 5.95. The molecule has 1 aliphatic heterocycles. The first-order valence-electron chi connectivity index (χ1n) is 10.7. The number of aryl methyl sites for hydroxylation is 1. The van der Waals surface area contributed by atoms with Crippen LogP contribution < -0.4 is 0 Å². The fourth-order valence-electron chi connectivity index (χ4n) is 3.76. The van der Waals surface area contributed by atoms with Gasteiger partial charge in [-0.05, 0) is 18.4 Å². The van der Waals surface area contributed by atoms with E-state index in [4.69, 9.17) is 18.4 Å². The number of ether oxygens (including phenoxy) is 3. The molecule has 8 nitrogen and oxygen atoms in total. The predicted octanol–water partition coefficient (Wildman–Crippen LogP) is 3.22. The summed E-state index contributed by atoms with van der Waals surface area (Å²) in [7, 11) is -3.71. The number of rotatable bonds is 11. The van der Waals surface area contributed by atoms with Gasteiger partial charge in [0, 0.05) is 24.9 Å². The van der Waals surface area contributed by atoms with Gasteiger partial charge in [-0.3, -0.25) is 4.18 Å². The highest BCUT2D eigenvalue weighted by Crippen LogP contribution is 2.47. The summed E-state index contributed by atoms with van der Waals surface area (Å²) < 4.78 is 50.2. The summed E-state index contributed by atoms with van der Waals surface area (Å²) in [6.45, 7) is 6.61. The van der Waals surface area contributed by atoms with E-state index in [0.29, 0.717) is 19.6 Å². The molecule has 2 heterocycles. The molecule has 0 radical (unpaired) electrons. The standard InChI is InChI=1S/C22H32N2O6S/c1-5-13-27-20-22(16-28-31(4,25)26,18-11-9-8-10-12-18)30-21(7-3,29-20)15-24-17-23-14-19(24)6-2/h8-12,14,17,20H,5-7,13,15-16H2,1-4H3. The van der Waals surface area contributed by atoms with E-state index in [1.165, 1.54) is 0 Å². The molecule has 1 saturated heterocycles. The Bertz CT molecular complexity index is 948. The zero-order valence-electron chi connectivity index (χ0n) is 18.6. The molecule has 3 atom stereocenters. The van der Waals surface area contributed by atoms with Crippen LogP contribution in [0.5, 0.6) is 0 Å². The average molecular weight is 453 g/mol. The predicted molar refractivity (Wildman–Crippen MR) is 116 cm³/mol. The van der Waals surface area contributed by atoms with E-state index in [9.17, 15) is 8.42 Å². The molecule has 0 N–H and O–H groups in total. The second kappa shape index (κ2) is 9.79. The van der Waals surface area contributed by atoms with Crippen LogP contribution >= 0.6 is 0 Å². The fourth-order valence-corrected chi connectivity index (χ4v) is 4.15. The van der Waals surface area contributed by atoms with Crippen molar-refractivity contribution >= 4 is 10.1 Å². The van der Waals surface area contributed by atoms with Crippen LogP contribution in [0.15, 0.2) is 42.9 Å². The molecule has 3 rings (SSSR count). The lowest BCUT2D eigenvalue weighted by Crippen LogP contribution is -2.44. The van der Waals surface area contributed by atoms with E-state index < -0.39 is 27.8 Å². The van der Waals surface area contributed by atoms with Gasteiger partial charge in [0.1, 0.15) is 6.61 Å². The Kier molecular flexibility index (Phi) is 7.54. The first-order valence-corrected chi connectivity index (χ1v) is 12.5. The Morgan fingerprint density at radius 1 is 1.19 bits per heavy atom. The van der Waals surface area contributed by atoms with E-state index in [1.54, 1.807) is 6.33 Å². The topological polar surface area (TPSA) is 88.9 Å². The van der Waals surface area contributed by atoms with Crippen LogP contribution in [0.4, 0.5) is 0 Å². The monoisotopic (exact) mass is 452 g/mol. The molecular weight excluding hydrogens is 420 g/mol. The minimum absolute atomic E-state index is 0.253. The zero-order chi connectivity index (χ0) is 22.5. The van der Waals surface area contributed by atoms with E-state index in [1.807, 2.05) is 54.9 Å². The van der Waals surface area contributed by atoms with Gasteiger partial charge < -0.3 is 18.8 Å². The van der Waals surface area contributed by atoms with Gasteiger partial charge in [-0.25, -0.2) is 4.98 Å². The molecule has 3 unspecified atom stereocenters. The molecule has 2 aromatic rings. The lowest BCUT2D eigenvalue weighted by molar-refractivity contribution is -0.221. The van der Waals surface area contributed by atoms with Crippen molar-refractivity contribution in [1.82, 2.24) is 9.55 Å². The third kappa shape index (κ3) is 5.35. The molecule has 9 heteroatoms. The van der Waals surface area contributed by atoms with E-state index >= 15 is 0 Å². The van der Waals surface area contributed by atoms with Crippen molar-refractivity contribution in [1.29, 1.82) is 0 Å². The van der Waals surface area contributed by atoms with E-state index in [-0.39, 0.29) is 6.61 Å². The molecule has 1 aromatic heterocycles. The summed E-state index contributed by atoms with van der Waals surface area (Å²) in [5, 5.41) is 0. The molecule has 0 amide bonds. The lowest BCUT2D eigenvalue weighted by Gasteiger charge is -2.33. The van der Waals surface area contributed by atoms with Crippen LogP contribution in [0.3, 0.4) is 0 Å². The van der Waals surface area contributed by atoms with Crippen molar-refractivity contribution in [2.75, 3.05) is 19.5 Å². The Morgan fingerprint density at radius 3 is 2.55 bits per heavy atom. The second-order valence-electron chi connectivity index (χ2n) is 7.78. The van der Waals surface area contributed by atoms with Gasteiger partial charge in [0.05, 0.1) is 19.1 Å². The molecule has 172 valence electrons. The third-order valence-electron chi connectivity index (χ3n) is 5.40. The highest BCUT2D eigenvalue weighted by atomic mass is 32.2. The number of nitrogens with zero attached hydrogens (tertiary/aromatic N) is 2. The van der Waals surface area contributed by atoms with Gasteiger partial charge in [0.25, 0.3) is 10.1 Å². The smallest absolute Gasteiger partial charge is 0.264 e. The van der Waals surface area contributed by atoms with E-state index in [0.717, 1.165) is 30.4 Å². The molecule has 1 aliphatic rings. The largest absolute Gasteiger partial charge is 0.349 e. The van der Waals surface area contributed by atoms with Crippen LogP contribution in [-0.2, 0) is 47.1 Å². The maximum absolute atomic E-state index is 11.9. The van der Waals surface area contributed by atoms with Gasteiger partial charge in [-0.2, -0.15) is 8.42 Å². The summed E-state index contributed by atoms with van der Waals surface area (Å²) in [4.78, 5) is 4.25. The maximum Gasteiger partial charge on any atom is 0.264 e. The molecule has 0 spiro atoms. The Morgan fingerprint density at radius 2 is 1.94 bits per heavy atom. The number of aromatic nitrogens is 2. The van der Waals surface area contributed by atoms with Crippen molar-refractivity contribution in [3.63, 3.8) is 0 Å². The quantitative estimate of drug-likeness (QED) is 0.484. The first-order chi connectivity index (χ1) is 14.8. The average Bonchev–Trinajstić information content (AvgIpc) is 3.34. The maximum atomic E-state index is 11.9. The molecule has 1 fully saturated rings. The minimum Gasteiger partial charge on any atom is -0.349 e. The molecular formula is C22H32N2O6S. The minimum atomic E-state index is -3.71. The van der Waals surface area contributed by atoms with Crippen molar-refractivity contribution in [3.05, 3.63) is 54.1 Å². The van der Waals surface area contributed by atoms with Crippen molar-refractivity contribution in [3.8, 4) is 0 Å². The molecule has 31 heavy (non-hydrogen) atoms. The van der Waals surface area contributed by atoms with Gasteiger partial charge in [-0.1, -0.05) is 51.1 Å². The van der Waals surface area contributed by atoms with Crippen LogP contribution in [0.2, 0.25) is 0 Å². The summed E-state index contributed by atoms with van der Waals surface area (Å²) >= 11 is 0. The Balaban J connectivity index is 2.05. The van der Waals surface area contributed by atoms with Gasteiger partial charge in [-0.15, -0.1) is 0 Å². The van der Waals surface area contributed by atoms with Crippen molar-refractivity contribution in [2.24, 2.45) is 0 Å². The fraction of sp³-hybridized carbons (Fsp3) is 0.591. The Hall–Kier alpha value is -1.78. The zero-order valence-corrected chi connectivity index (χ0v) is 19.4. The van der Waals surface area contributed by atoms with E-state index in [2.05, 4.69) is 11.9 Å². The van der Waals surface area contributed by atoms with Crippen molar-refractivity contribution < 1.29 is 26.8 Å². The van der Waals surface area contributed by atoms with Gasteiger partial charge in [0.15, 0.2) is 17.7 Å². The van der Waals surface area contributed by atoms with Crippen LogP contribution in [0, 0.1) is 0 Å². The highest BCUT2D eigenvalue weighted by Gasteiger charge is 2.59. The number of hydrogen-bond donors (Lipinski definition) is 0. The highest BCUT2D eigenvalue weighted by molar-refractivity contribution is 7.85. The van der Waals surface area contributed by atoms with Gasteiger partial charge in [0.2, 0.25) is 0 Å². The van der Waals surface area contributed by atoms with Gasteiger partial charge >= 0.3 is 0 Å². The number of hydrogen-bond acceptors (Lipinski definition) is 7. The summed E-state index contributed by atoms with van der Waals surface area (Å²) in [5.41, 5.74) is 0.537. The Labute approximate surface area is 184 Å². The number of benzene rings is 1. The summed E-state index contributed by atoms with van der Waals surface area (Å²) in [5.74, 6) is -1.04. The SMILES string of the molecule is CCCOC1OC(CC)(Cn2cncc2CC)OC1(COS(C)(=O)=O)c1ccccc1. The number of imidazole rings is 1. The first kappa shape index (κ1) is 23.9. The normalized spacial score (nSPS) is 26.4. The molecule has 0 saturated carbocycles. The van der Waals surface area contributed by atoms with Crippen molar-refractivity contribution in [2.45, 2.75) is 64.3 Å². The van der Waals surface area contributed by atoms with Crippen LogP contribution in [0.1, 0.15) is 44.9 Å². The molecule has 1 aromatic carbocycles. The molecule has 0 bridgehead atoms. The second-order valence-corrected chi connectivity index (χ2v) is 9.42. The van der Waals surface area contributed by atoms with Crippen LogP contribution in [0.25, 0.3) is 0 Å².